The van der Waals surface area contributed by atoms with Crippen molar-refractivity contribution in [1.82, 2.24) is 0 Å². The zero-order valence-corrected chi connectivity index (χ0v) is 11.0. The van der Waals surface area contributed by atoms with E-state index in [0.29, 0.717) is 19.1 Å². The average Bonchev–Trinajstić information content (AvgIpc) is 2.97. The van der Waals surface area contributed by atoms with Gasteiger partial charge in [-0.25, -0.2) is 0 Å². The van der Waals surface area contributed by atoms with E-state index in [0.717, 1.165) is 30.9 Å². The normalized spacial score (nSPS) is 18.9. The lowest BCUT2D eigenvalue weighted by molar-refractivity contribution is 0.167. The first kappa shape index (κ1) is 12.5. The minimum atomic E-state index is 0.498. The van der Waals surface area contributed by atoms with Crippen molar-refractivity contribution in [3.8, 4) is 5.75 Å². The lowest BCUT2D eigenvalue weighted by atomic mass is 10.0. The van der Waals surface area contributed by atoms with Gasteiger partial charge in [-0.2, -0.15) is 0 Å². The Bertz CT molecular complexity index is 562. The Morgan fingerprint density at radius 3 is 2.89 bits per heavy atom. The number of fused-ring (bicyclic) bond motifs is 1. The van der Waals surface area contributed by atoms with Crippen LogP contribution in [0.15, 0.2) is 36.4 Å². The lowest BCUT2D eigenvalue weighted by Gasteiger charge is -2.15. The lowest BCUT2D eigenvalue weighted by Crippen LogP contribution is -2.13. The van der Waals surface area contributed by atoms with Crippen LogP contribution in [0.25, 0.3) is 10.8 Å². The van der Waals surface area contributed by atoms with Crippen LogP contribution in [0.4, 0.5) is 0 Å². The summed E-state index contributed by atoms with van der Waals surface area (Å²) in [6.45, 7) is 2.88. The van der Waals surface area contributed by atoms with Gasteiger partial charge in [-0.05, 0) is 23.3 Å². The predicted molar refractivity (Wildman–Crippen MR) is 76.3 cm³/mol. The van der Waals surface area contributed by atoms with Gasteiger partial charge in [-0.15, -0.1) is 0 Å². The molecule has 0 aromatic heterocycles. The molecule has 3 heteroatoms. The molecule has 0 bridgehead atoms. The van der Waals surface area contributed by atoms with Crippen molar-refractivity contribution in [2.75, 3.05) is 19.8 Å². The van der Waals surface area contributed by atoms with Crippen molar-refractivity contribution in [3.05, 3.63) is 42.0 Å². The van der Waals surface area contributed by atoms with Gasteiger partial charge in [0.25, 0.3) is 0 Å². The standard InChI is InChI=1S/C16H19NO2/c17-9-15-14-4-2-1-3-13(14)5-6-16(15)19-11-12-7-8-18-10-12/h1-6,12H,7-11,17H2. The van der Waals surface area contributed by atoms with Crippen molar-refractivity contribution in [2.45, 2.75) is 13.0 Å². The molecule has 0 amide bonds. The third-order valence-electron chi connectivity index (χ3n) is 3.70. The summed E-state index contributed by atoms with van der Waals surface area (Å²) in [4.78, 5) is 0. The first-order chi connectivity index (χ1) is 9.38. The second-order valence-electron chi connectivity index (χ2n) is 5.01. The van der Waals surface area contributed by atoms with Gasteiger partial charge in [0.05, 0.1) is 13.2 Å². The second kappa shape index (κ2) is 5.59. The first-order valence-electron chi connectivity index (χ1n) is 6.79. The molecular formula is C16H19NO2. The van der Waals surface area contributed by atoms with Gasteiger partial charge in [0.1, 0.15) is 5.75 Å². The van der Waals surface area contributed by atoms with E-state index in [9.17, 15) is 0 Å². The molecule has 1 atom stereocenters. The molecule has 2 aromatic rings. The number of benzene rings is 2. The van der Waals surface area contributed by atoms with Crippen LogP contribution in [-0.4, -0.2) is 19.8 Å². The summed E-state index contributed by atoms with van der Waals surface area (Å²) in [6, 6.07) is 12.4. The topological polar surface area (TPSA) is 44.5 Å². The third-order valence-corrected chi connectivity index (χ3v) is 3.70. The highest BCUT2D eigenvalue weighted by Gasteiger charge is 2.17. The maximum Gasteiger partial charge on any atom is 0.124 e. The molecular weight excluding hydrogens is 238 g/mol. The highest BCUT2D eigenvalue weighted by Crippen LogP contribution is 2.28. The molecule has 1 fully saturated rings. The zero-order valence-electron chi connectivity index (χ0n) is 11.0. The van der Waals surface area contributed by atoms with E-state index in [4.69, 9.17) is 15.2 Å². The Balaban J connectivity index is 1.85. The average molecular weight is 257 g/mol. The van der Waals surface area contributed by atoms with Gasteiger partial charge >= 0.3 is 0 Å². The van der Waals surface area contributed by atoms with Gasteiger partial charge in [0.2, 0.25) is 0 Å². The number of hydrogen-bond acceptors (Lipinski definition) is 3. The number of rotatable bonds is 4. The molecule has 0 spiro atoms. The van der Waals surface area contributed by atoms with Gasteiger partial charge in [-0.1, -0.05) is 30.3 Å². The Morgan fingerprint density at radius 1 is 1.21 bits per heavy atom. The smallest absolute Gasteiger partial charge is 0.124 e. The Labute approximate surface area is 113 Å². The van der Waals surface area contributed by atoms with E-state index in [1.165, 1.54) is 10.8 Å². The molecule has 1 unspecified atom stereocenters. The molecule has 0 radical (unpaired) electrons. The van der Waals surface area contributed by atoms with E-state index in [1.807, 2.05) is 18.2 Å². The van der Waals surface area contributed by atoms with Crippen LogP contribution in [0.3, 0.4) is 0 Å². The van der Waals surface area contributed by atoms with Gasteiger partial charge < -0.3 is 15.2 Å². The summed E-state index contributed by atoms with van der Waals surface area (Å²) in [5.74, 6) is 1.42. The molecule has 2 aromatic carbocycles. The van der Waals surface area contributed by atoms with Crippen LogP contribution < -0.4 is 10.5 Å². The molecule has 0 saturated carbocycles. The van der Waals surface area contributed by atoms with E-state index in [2.05, 4.69) is 18.2 Å². The maximum absolute atomic E-state index is 5.96. The molecule has 3 rings (SSSR count). The minimum absolute atomic E-state index is 0.498. The molecule has 1 heterocycles. The molecule has 1 saturated heterocycles. The van der Waals surface area contributed by atoms with Crippen molar-refractivity contribution >= 4 is 10.8 Å². The summed E-state index contributed by atoms with van der Waals surface area (Å²) < 4.78 is 11.3. The van der Waals surface area contributed by atoms with Crippen LogP contribution in [0.1, 0.15) is 12.0 Å². The van der Waals surface area contributed by atoms with Gasteiger partial charge in [0, 0.05) is 24.6 Å². The Kier molecular flexibility index (Phi) is 3.67. The molecule has 0 aliphatic carbocycles. The molecule has 2 N–H and O–H groups in total. The highest BCUT2D eigenvalue weighted by molar-refractivity contribution is 5.87. The summed E-state index contributed by atoms with van der Waals surface area (Å²) in [6.07, 6.45) is 1.09. The Morgan fingerprint density at radius 2 is 2.11 bits per heavy atom. The maximum atomic E-state index is 5.96. The van der Waals surface area contributed by atoms with Gasteiger partial charge in [0.15, 0.2) is 0 Å². The molecule has 3 nitrogen and oxygen atoms in total. The summed E-state index contributed by atoms with van der Waals surface area (Å²) in [5, 5.41) is 2.39. The monoisotopic (exact) mass is 257 g/mol. The number of nitrogens with two attached hydrogens (primary N) is 1. The van der Waals surface area contributed by atoms with Crippen molar-refractivity contribution in [2.24, 2.45) is 11.7 Å². The molecule has 1 aliphatic heterocycles. The van der Waals surface area contributed by atoms with Crippen LogP contribution in [0, 0.1) is 5.92 Å². The SMILES string of the molecule is NCc1c(OCC2CCOC2)ccc2ccccc12. The number of hydrogen-bond donors (Lipinski definition) is 1. The summed E-state index contributed by atoms with van der Waals surface area (Å²) >= 11 is 0. The molecule has 19 heavy (non-hydrogen) atoms. The number of ether oxygens (including phenoxy) is 2. The quantitative estimate of drug-likeness (QED) is 0.916. The van der Waals surface area contributed by atoms with Crippen LogP contribution >= 0.6 is 0 Å². The second-order valence-corrected chi connectivity index (χ2v) is 5.01. The summed E-state index contributed by atoms with van der Waals surface area (Å²) in [7, 11) is 0. The molecule has 1 aliphatic rings. The van der Waals surface area contributed by atoms with E-state index in [-0.39, 0.29) is 0 Å². The zero-order chi connectivity index (χ0) is 13.1. The van der Waals surface area contributed by atoms with E-state index < -0.39 is 0 Å². The fraction of sp³-hybridized carbons (Fsp3) is 0.375. The van der Waals surface area contributed by atoms with Crippen LogP contribution in [0.5, 0.6) is 5.75 Å². The van der Waals surface area contributed by atoms with Crippen molar-refractivity contribution < 1.29 is 9.47 Å². The van der Waals surface area contributed by atoms with E-state index >= 15 is 0 Å². The fourth-order valence-corrected chi connectivity index (χ4v) is 2.58. The van der Waals surface area contributed by atoms with Crippen molar-refractivity contribution in [1.29, 1.82) is 0 Å². The fourth-order valence-electron chi connectivity index (χ4n) is 2.58. The largest absolute Gasteiger partial charge is 0.493 e. The van der Waals surface area contributed by atoms with Crippen LogP contribution in [0.2, 0.25) is 0 Å². The van der Waals surface area contributed by atoms with Crippen LogP contribution in [-0.2, 0) is 11.3 Å². The molecule has 100 valence electrons. The summed E-state index contributed by atoms with van der Waals surface area (Å²) in [5.41, 5.74) is 6.99. The minimum Gasteiger partial charge on any atom is -0.493 e. The predicted octanol–water partition coefficient (Wildman–Crippen LogP) is 2.71. The van der Waals surface area contributed by atoms with Crippen molar-refractivity contribution in [3.63, 3.8) is 0 Å². The third kappa shape index (κ3) is 2.57. The van der Waals surface area contributed by atoms with E-state index in [1.54, 1.807) is 0 Å². The van der Waals surface area contributed by atoms with Gasteiger partial charge in [-0.3, -0.25) is 0 Å². The highest BCUT2D eigenvalue weighted by atomic mass is 16.5. The Hall–Kier alpha value is -1.58. The first-order valence-corrected chi connectivity index (χ1v) is 6.79.